The third kappa shape index (κ3) is 5.27. The van der Waals surface area contributed by atoms with Crippen molar-refractivity contribution in [2.75, 3.05) is 6.61 Å². The SMILES string of the molecule is Cc1cccc(C)c1OCC(=O)NNC(=O)C=Cc1cccs1. The van der Waals surface area contributed by atoms with Crippen molar-refractivity contribution in [2.45, 2.75) is 13.8 Å². The van der Waals surface area contributed by atoms with Gasteiger partial charge in [-0.15, -0.1) is 11.3 Å². The van der Waals surface area contributed by atoms with Gasteiger partial charge in [-0.1, -0.05) is 24.3 Å². The molecular formula is C17H18N2O3S. The van der Waals surface area contributed by atoms with Gasteiger partial charge >= 0.3 is 0 Å². The zero-order chi connectivity index (χ0) is 16.7. The molecule has 2 N–H and O–H groups in total. The van der Waals surface area contributed by atoms with E-state index in [2.05, 4.69) is 10.9 Å². The van der Waals surface area contributed by atoms with Gasteiger partial charge in [-0.3, -0.25) is 20.4 Å². The van der Waals surface area contributed by atoms with Crippen LogP contribution in [0.1, 0.15) is 16.0 Å². The second-order valence-electron chi connectivity index (χ2n) is 4.90. The van der Waals surface area contributed by atoms with Gasteiger partial charge in [0.25, 0.3) is 11.8 Å². The number of benzene rings is 1. The minimum Gasteiger partial charge on any atom is -0.483 e. The summed E-state index contributed by atoms with van der Waals surface area (Å²) >= 11 is 1.52. The summed E-state index contributed by atoms with van der Waals surface area (Å²) in [4.78, 5) is 24.2. The fourth-order valence-corrected chi connectivity index (χ4v) is 2.54. The molecule has 0 radical (unpaired) electrons. The average Bonchev–Trinajstić information content (AvgIpc) is 3.04. The zero-order valence-corrected chi connectivity index (χ0v) is 13.8. The van der Waals surface area contributed by atoms with Crippen molar-refractivity contribution < 1.29 is 14.3 Å². The van der Waals surface area contributed by atoms with Gasteiger partial charge in [0.1, 0.15) is 5.75 Å². The van der Waals surface area contributed by atoms with Crippen LogP contribution in [0.15, 0.2) is 41.8 Å². The summed E-state index contributed by atoms with van der Waals surface area (Å²) in [7, 11) is 0. The molecule has 1 aromatic heterocycles. The predicted molar refractivity (Wildman–Crippen MR) is 91.0 cm³/mol. The van der Waals surface area contributed by atoms with Crippen LogP contribution in [0.25, 0.3) is 6.08 Å². The molecule has 1 heterocycles. The normalized spacial score (nSPS) is 10.5. The first-order valence-electron chi connectivity index (χ1n) is 7.05. The van der Waals surface area contributed by atoms with Gasteiger partial charge in [0.15, 0.2) is 6.61 Å². The minimum absolute atomic E-state index is 0.166. The molecule has 0 aliphatic heterocycles. The molecule has 0 bridgehead atoms. The molecule has 0 unspecified atom stereocenters. The number of ether oxygens (including phenoxy) is 1. The van der Waals surface area contributed by atoms with Crippen LogP contribution < -0.4 is 15.6 Å². The Bertz CT molecular complexity index is 688. The number of thiophene rings is 1. The second-order valence-corrected chi connectivity index (χ2v) is 5.88. The topological polar surface area (TPSA) is 67.4 Å². The van der Waals surface area contributed by atoms with E-state index in [4.69, 9.17) is 4.74 Å². The smallest absolute Gasteiger partial charge is 0.276 e. The van der Waals surface area contributed by atoms with Gasteiger partial charge in [0.05, 0.1) is 0 Å². The van der Waals surface area contributed by atoms with E-state index in [1.807, 2.05) is 49.6 Å². The monoisotopic (exact) mass is 330 g/mol. The van der Waals surface area contributed by atoms with Crippen LogP contribution in [0.5, 0.6) is 5.75 Å². The Balaban J connectivity index is 1.76. The fraction of sp³-hybridized carbons (Fsp3) is 0.176. The van der Waals surface area contributed by atoms with E-state index in [1.54, 1.807) is 6.08 Å². The maximum Gasteiger partial charge on any atom is 0.276 e. The summed E-state index contributed by atoms with van der Waals surface area (Å²) in [6.07, 6.45) is 3.04. The van der Waals surface area contributed by atoms with Gasteiger partial charge in [-0.2, -0.15) is 0 Å². The van der Waals surface area contributed by atoms with Crippen molar-refractivity contribution in [3.63, 3.8) is 0 Å². The van der Waals surface area contributed by atoms with E-state index < -0.39 is 11.8 Å². The molecule has 1 aromatic carbocycles. The molecule has 23 heavy (non-hydrogen) atoms. The number of carbonyl (C=O) groups excluding carboxylic acids is 2. The van der Waals surface area contributed by atoms with Crippen molar-refractivity contribution in [3.05, 3.63) is 57.8 Å². The first-order chi connectivity index (χ1) is 11.1. The lowest BCUT2D eigenvalue weighted by Gasteiger charge is -2.11. The van der Waals surface area contributed by atoms with Crippen LogP contribution in [0.3, 0.4) is 0 Å². The highest BCUT2D eigenvalue weighted by molar-refractivity contribution is 7.10. The van der Waals surface area contributed by atoms with Crippen LogP contribution >= 0.6 is 11.3 Å². The standard InChI is InChI=1S/C17H18N2O3S/c1-12-5-3-6-13(2)17(12)22-11-16(21)19-18-15(20)9-8-14-7-4-10-23-14/h3-10H,11H2,1-2H3,(H,18,20)(H,19,21). The highest BCUT2D eigenvalue weighted by Gasteiger charge is 2.07. The van der Waals surface area contributed by atoms with E-state index in [1.165, 1.54) is 17.4 Å². The number of rotatable bonds is 5. The quantitative estimate of drug-likeness (QED) is 0.654. The lowest BCUT2D eigenvalue weighted by Crippen LogP contribution is -2.43. The molecule has 0 saturated carbocycles. The number of carbonyl (C=O) groups is 2. The fourth-order valence-electron chi connectivity index (χ4n) is 1.92. The minimum atomic E-state index is -0.425. The first kappa shape index (κ1) is 16.8. The van der Waals surface area contributed by atoms with E-state index >= 15 is 0 Å². The van der Waals surface area contributed by atoms with Gasteiger partial charge in [0, 0.05) is 11.0 Å². The Morgan fingerprint density at radius 2 is 1.87 bits per heavy atom. The van der Waals surface area contributed by atoms with Crippen molar-refractivity contribution in [1.82, 2.24) is 10.9 Å². The molecule has 0 saturated heterocycles. The van der Waals surface area contributed by atoms with Crippen LogP contribution in [-0.4, -0.2) is 18.4 Å². The summed E-state index contributed by atoms with van der Waals surface area (Å²) in [6.45, 7) is 3.66. The van der Waals surface area contributed by atoms with Gasteiger partial charge in [-0.25, -0.2) is 0 Å². The lowest BCUT2D eigenvalue weighted by atomic mass is 10.1. The third-order valence-corrected chi connectivity index (χ3v) is 3.86. The summed E-state index contributed by atoms with van der Waals surface area (Å²) in [5.74, 6) is -0.143. The predicted octanol–water partition coefficient (Wildman–Crippen LogP) is 2.60. The zero-order valence-electron chi connectivity index (χ0n) is 13.0. The number of nitrogens with one attached hydrogen (secondary N) is 2. The highest BCUT2D eigenvalue weighted by Crippen LogP contribution is 2.21. The summed E-state index contributed by atoms with van der Waals surface area (Å²) in [5, 5.41) is 1.92. The van der Waals surface area contributed by atoms with Crippen LogP contribution in [0, 0.1) is 13.8 Å². The van der Waals surface area contributed by atoms with Crippen molar-refractivity contribution in [2.24, 2.45) is 0 Å². The Morgan fingerprint density at radius 1 is 1.13 bits per heavy atom. The Kier molecular flexibility index (Phi) is 5.94. The molecule has 5 nitrogen and oxygen atoms in total. The third-order valence-electron chi connectivity index (χ3n) is 3.02. The Labute approximate surface area is 139 Å². The van der Waals surface area contributed by atoms with Crippen LogP contribution in [-0.2, 0) is 9.59 Å². The number of amides is 2. The van der Waals surface area contributed by atoms with Crippen molar-refractivity contribution in [3.8, 4) is 5.75 Å². The molecule has 0 spiro atoms. The molecular weight excluding hydrogens is 312 g/mol. The van der Waals surface area contributed by atoms with Crippen molar-refractivity contribution in [1.29, 1.82) is 0 Å². The summed E-state index contributed by atoms with van der Waals surface area (Å²) in [5.41, 5.74) is 6.54. The number of para-hydroxylation sites is 1. The average molecular weight is 330 g/mol. The second kappa shape index (κ2) is 8.14. The molecule has 2 aromatic rings. The largest absolute Gasteiger partial charge is 0.483 e. The molecule has 120 valence electrons. The van der Waals surface area contributed by atoms with E-state index in [-0.39, 0.29) is 6.61 Å². The van der Waals surface area contributed by atoms with Crippen molar-refractivity contribution >= 4 is 29.2 Å². The molecule has 0 aliphatic rings. The summed E-state index contributed by atoms with van der Waals surface area (Å²) < 4.78 is 5.50. The summed E-state index contributed by atoms with van der Waals surface area (Å²) in [6, 6.07) is 9.55. The van der Waals surface area contributed by atoms with E-state index in [0.717, 1.165) is 16.0 Å². The molecule has 0 fully saturated rings. The highest BCUT2D eigenvalue weighted by atomic mass is 32.1. The van der Waals surface area contributed by atoms with Crippen LogP contribution in [0.4, 0.5) is 0 Å². The van der Waals surface area contributed by atoms with Gasteiger partial charge in [0.2, 0.25) is 0 Å². The maximum atomic E-state index is 11.7. The van der Waals surface area contributed by atoms with E-state index in [9.17, 15) is 9.59 Å². The molecule has 0 aliphatic carbocycles. The number of hydrazine groups is 1. The molecule has 6 heteroatoms. The first-order valence-corrected chi connectivity index (χ1v) is 7.93. The number of hydrogen-bond acceptors (Lipinski definition) is 4. The van der Waals surface area contributed by atoms with Gasteiger partial charge < -0.3 is 4.74 Å². The van der Waals surface area contributed by atoms with Crippen LogP contribution in [0.2, 0.25) is 0 Å². The molecule has 2 amide bonds. The van der Waals surface area contributed by atoms with Gasteiger partial charge in [-0.05, 0) is 42.5 Å². The van der Waals surface area contributed by atoms with E-state index in [0.29, 0.717) is 5.75 Å². The maximum absolute atomic E-state index is 11.7. The Hall–Kier alpha value is -2.60. The lowest BCUT2D eigenvalue weighted by molar-refractivity contribution is -0.128. The Morgan fingerprint density at radius 3 is 2.52 bits per heavy atom. The number of aryl methyl sites for hydroxylation is 2. The molecule has 2 rings (SSSR count). The number of hydrogen-bond donors (Lipinski definition) is 2. The molecule has 0 atom stereocenters.